The minimum Gasteiger partial charge on any atom is -0.495 e. The smallest absolute Gasteiger partial charge is 0.148 e. The second-order valence-electron chi connectivity index (χ2n) is 3.48. The molecule has 0 aliphatic carbocycles. The molecule has 0 aliphatic rings. The monoisotopic (exact) mass is 303 g/mol. The average Bonchev–Trinajstić information content (AvgIpc) is 2.40. The Balaban J connectivity index is 2.40. The lowest BCUT2D eigenvalue weighted by atomic mass is 10.2. The standard InChI is InChI=1S/C13H10BrN3O/c1-18-12-5-4-10(14)7-11(12)17-13-9(8-15)3-2-6-16-13/h2-7H,1H3,(H,16,17). The van der Waals surface area contributed by atoms with E-state index in [9.17, 15) is 0 Å². The van der Waals surface area contributed by atoms with Crippen molar-refractivity contribution in [2.45, 2.75) is 0 Å². The number of anilines is 2. The van der Waals surface area contributed by atoms with E-state index in [1.165, 1.54) is 0 Å². The van der Waals surface area contributed by atoms with Crippen molar-refractivity contribution in [3.05, 3.63) is 46.6 Å². The largest absolute Gasteiger partial charge is 0.495 e. The van der Waals surface area contributed by atoms with E-state index in [0.717, 1.165) is 10.2 Å². The lowest BCUT2D eigenvalue weighted by molar-refractivity contribution is 0.416. The molecule has 0 spiro atoms. The zero-order valence-corrected chi connectivity index (χ0v) is 11.2. The SMILES string of the molecule is COc1ccc(Br)cc1Nc1ncccc1C#N. The Bertz CT molecular complexity index is 607. The molecule has 0 unspecified atom stereocenters. The molecule has 18 heavy (non-hydrogen) atoms. The number of halogens is 1. The molecule has 1 aromatic carbocycles. The van der Waals surface area contributed by atoms with Gasteiger partial charge in [-0.25, -0.2) is 4.98 Å². The van der Waals surface area contributed by atoms with Gasteiger partial charge in [0.2, 0.25) is 0 Å². The Morgan fingerprint density at radius 3 is 2.94 bits per heavy atom. The van der Waals surface area contributed by atoms with Crippen LogP contribution in [-0.2, 0) is 0 Å². The zero-order chi connectivity index (χ0) is 13.0. The number of hydrogen-bond donors (Lipinski definition) is 1. The minimum absolute atomic E-state index is 0.486. The number of nitrogens with zero attached hydrogens (tertiary/aromatic N) is 2. The third kappa shape index (κ3) is 2.60. The second kappa shape index (κ2) is 5.52. The van der Waals surface area contributed by atoms with Crippen molar-refractivity contribution >= 4 is 27.4 Å². The Kier molecular flexibility index (Phi) is 3.80. The molecule has 0 bridgehead atoms. The van der Waals surface area contributed by atoms with Crippen LogP contribution in [0.25, 0.3) is 0 Å². The van der Waals surface area contributed by atoms with Crippen molar-refractivity contribution in [3.63, 3.8) is 0 Å². The number of pyridine rings is 1. The number of aromatic nitrogens is 1. The van der Waals surface area contributed by atoms with Crippen LogP contribution in [0.5, 0.6) is 5.75 Å². The molecule has 0 aliphatic heterocycles. The highest BCUT2D eigenvalue weighted by atomic mass is 79.9. The van der Waals surface area contributed by atoms with Gasteiger partial charge in [0.25, 0.3) is 0 Å². The van der Waals surface area contributed by atoms with Gasteiger partial charge in [0, 0.05) is 10.7 Å². The van der Waals surface area contributed by atoms with Crippen molar-refractivity contribution in [3.8, 4) is 11.8 Å². The summed E-state index contributed by atoms with van der Waals surface area (Å²) < 4.78 is 6.17. The van der Waals surface area contributed by atoms with Gasteiger partial charge >= 0.3 is 0 Å². The Hall–Kier alpha value is -2.06. The van der Waals surface area contributed by atoms with Crippen LogP contribution in [-0.4, -0.2) is 12.1 Å². The number of methoxy groups -OCH3 is 1. The topological polar surface area (TPSA) is 57.9 Å². The van der Waals surface area contributed by atoms with E-state index in [-0.39, 0.29) is 0 Å². The molecular weight excluding hydrogens is 294 g/mol. The molecule has 2 rings (SSSR count). The van der Waals surface area contributed by atoms with Gasteiger partial charge in [0.05, 0.1) is 18.4 Å². The molecule has 4 nitrogen and oxygen atoms in total. The fourth-order valence-electron chi connectivity index (χ4n) is 1.50. The van der Waals surface area contributed by atoms with Gasteiger partial charge in [-0.1, -0.05) is 15.9 Å². The van der Waals surface area contributed by atoms with E-state index in [1.54, 1.807) is 25.4 Å². The highest BCUT2D eigenvalue weighted by molar-refractivity contribution is 9.10. The van der Waals surface area contributed by atoms with Crippen molar-refractivity contribution in [1.29, 1.82) is 5.26 Å². The number of rotatable bonds is 3. The van der Waals surface area contributed by atoms with Gasteiger partial charge in [-0.15, -0.1) is 0 Å². The fraction of sp³-hybridized carbons (Fsp3) is 0.0769. The number of nitrogens with one attached hydrogen (secondary N) is 1. The van der Waals surface area contributed by atoms with Gasteiger partial charge < -0.3 is 10.1 Å². The van der Waals surface area contributed by atoms with Crippen molar-refractivity contribution in [2.75, 3.05) is 12.4 Å². The van der Waals surface area contributed by atoms with E-state index < -0.39 is 0 Å². The summed E-state index contributed by atoms with van der Waals surface area (Å²) in [6, 6.07) is 11.1. The first-order chi connectivity index (χ1) is 8.74. The van der Waals surface area contributed by atoms with Crippen molar-refractivity contribution in [1.82, 2.24) is 4.98 Å². The van der Waals surface area contributed by atoms with Gasteiger partial charge in [0.1, 0.15) is 17.6 Å². The fourth-order valence-corrected chi connectivity index (χ4v) is 1.86. The number of hydrogen-bond acceptors (Lipinski definition) is 4. The van der Waals surface area contributed by atoms with E-state index in [1.807, 2.05) is 18.2 Å². The number of benzene rings is 1. The summed E-state index contributed by atoms with van der Waals surface area (Å²) in [5, 5.41) is 12.1. The van der Waals surface area contributed by atoms with Gasteiger partial charge in [0.15, 0.2) is 0 Å². The Morgan fingerprint density at radius 1 is 1.39 bits per heavy atom. The highest BCUT2D eigenvalue weighted by Gasteiger charge is 2.07. The first kappa shape index (κ1) is 12.4. The predicted octanol–water partition coefficient (Wildman–Crippen LogP) is 3.47. The van der Waals surface area contributed by atoms with E-state index in [4.69, 9.17) is 10.00 Å². The van der Waals surface area contributed by atoms with Crippen LogP contribution in [0.1, 0.15) is 5.56 Å². The maximum Gasteiger partial charge on any atom is 0.148 e. The zero-order valence-electron chi connectivity index (χ0n) is 9.64. The molecule has 1 heterocycles. The van der Waals surface area contributed by atoms with Gasteiger partial charge in [-0.2, -0.15) is 5.26 Å². The molecule has 0 radical (unpaired) electrons. The van der Waals surface area contributed by atoms with Crippen LogP contribution < -0.4 is 10.1 Å². The summed E-state index contributed by atoms with van der Waals surface area (Å²) in [5.74, 6) is 1.20. The quantitative estimate of drug-likeness (QED) is 0.943. The summed E-state index contributed by atoms with van der Waals surface area (Å²) in [6.07, 6.45) is 1.63. The molecular formula is C13H10BrN3O. The third-order valence-electron chi connectivity index (χ3n) is 2.34. The summed E-state index contributed by atoms with van der Waals surface area (Å²) >= 11 is 3.39. The Labute approximate surface area is 113 Å². The lowest BCUT2D eigenvalue weighted by Gasteiger charge is -2.11. The third-order valence-corrected chi connectivity index (χ3v) is 2.84. The van der Waals surface area contributed by atoms with Gasteiger partial charge in [-0.3, -0.25) is 0 Å². The lowest BCUT2D eigenvalue weighted by Crippen LogP contribution is -1.98. The summed E-state index contributed by atoms with van der Waals surface area (Å²) in [7, 11) is 1.60. The maximum absolute atomic E-state index is 9.01. The van der Waals surface area contributed by atoms with E-state index >= 15 is 0 Å². The molecule has 1 N–H and O–H groups in total. The maximum atomic E-state index is 9.01. The number of nitriles is 1. The molecule has 5 heteroatoms. The first-order valence-corrected chi connectivity index (χ1v) is 5.99. The van der Waals surface area contributed by atoms with Crippen molar-refractivity contribution in [2.24, 2.45) is 0 Å². The molecule has 0 amide bonds. The molecule has 0 saturated heterocycles. The average molecular weight is 304 g/mol. The summed E-state index contributed by atoms with van der Waals surface area (Å²) in [5.41, 5.74) is 1.24. The second-order valence-corrected chi connectivity index (χ2v) is 4.40. The molecule has 2 aromatic rings. The minimum atomic E-state index is 0.486. The van der Waals surface area contributed by atoms with Crippen LogP contribution in [0, 0.1) is 11.3 Å². The molecule has 90 valence electrons. The highest BCUT2D eigenvalue weighted by Crippen LogP contribution is 2.30. The molecule has 1 aromatic heterocycles. The van der Waals surface area contributed by atoms with Crippen LogP contribution in [0.2, 0.25) is 0 Å². The van der Waals surface area contributed by atoms with Crippen molar-refractivity contribution < 1.29 is 4.74 Å². The first-order valence-electron chi connectivity index (χ1n) is 5.20. The summed E-state index contributed by atoms with van der Waals surface area (Å²) in [6.45, 7) is 0. The number of ether oxygens (including phenoxy) is 1. The van der Waals surface area contributed by atoms with Crippen LogP contribution in [0.4, 0.5) is 11.5 Å². The normalized spacial score (nSPS) is 9.61. The van der Waals surface area contributed by atoms with E-state index in [0.29, 0.717) is 17.1 Å². The van der Waals surface area contributed by atoms with Crippen LogP contribution >= 0.6 is 15.9 Å². The molecule has 0 saturated carbocycles. The summed E-state index contributed by atoms with van der Waals surface area (Å²) in [4.78, 5) is 4.15. The van der Waals surface area contributed by atoms with Gasteiger partial charge in [-0.05, 0) is 30.3 Å². The molecule has 0 fully saturated rings. The predicted molar refractivity (Wildman–Crippen MR) is 72.9 cm³/mol. The van der Waals surface area contributed by atoms with E-state index in [2.05, 4.69) is 32.3 Å². The molecule has 0 atom stereocenters. The van der Waals surface area contributed by atoms with Crippen LogP contribution in [0.15, 0.2) is 41.0 Å². The van der Waals surface area contributed by atoms with Crippen LogP contribution in [0.3, 0.4) is 0 Å². The Morgan fingerprint density at radius 2 is 2.22 bits per heavy atom.